The van der Waals surface area contributed by atoms with Gasteiger partial charge < -0.3 is 5.32 Å². The smallest absolute Gasteiger partial charge is 0.244 e. The summed E-state index contributed by atoms with van der Waals surface area (Å²) in [4.78, 5) is 39.3. The number of nitrogens with one attached hydrogen (secondary N) is 1. The number of carbonyl (C=O) groups excluding carboxylic acids is 3. The van der Waals surface area contributed by atoms with Gasteiger partial charge in [-0.15, -0.1) is 0 Å². The van der Waals surface area contributed by atoms with Gasteiger partial charge in [-0.2, -0.15) is 0 Å². The number of para-hydroxylation sites is 1. The highest BCUT2D eigenvalue weighted by Gasteiger charge is 2.67. The van der Waals surface area contributed by atoms with E-state index in [0.717, 1.165) is 12.0 Å². The minimum atomic E-state index is -0.319. The quantitative estimate of drug-likeness (QED) is 0.678. The van der Waals surface area contributed by atoms with E-state index in [2.05, 4.69) is 17.5 Å². The molecule has 1 aliphatic heterocycles. The topological polar surface area (TPSA) is 66.5 Å². The molecule has 1 saturated heterocycles. The highest BCUT2D eigenvalue weighted by molar-refractivity contribution is 6.09. The van der Waals surface area contributed by atoms with Gasteiger partial charge in [0.1, 0.15) is 6.54 Å². The number of anilines is 1. The van der Waals surface area contributed by atoms with Crippen molar-refractivity contribution in [1.82, 2.24) is 4.90 Å². The van der Waals surface area contributed by atoms with Crippen molar-refractivity contribution in [3.05, 3.63) is 42.0 Å². The van der Waals surface area contributed by atoms with Crippen LogP contribution >= 0.6 is 0 Å². The first kappa shape index (κ1) is 14.9. The maximum absolute atomic E-state index is 12.9. The summed E-state index contributed by atoms with van der Waals surface area (Å²) in [5.74, 6) is 0.443. The second-order valence-corrected chi connectivity index (χ2v) is 7.78. The Kier molecular flexibility index (Phi) is 3.00. The van der Waals surface area contributed by atoms with Crippen molar-refractivity contribution in [2.24, 2.45) is 35.5 Å². The molecule has 3 fully saturated rings. The molecule has 25 heavy (non-hydrogen) atoms. The van der Waals surface area contributed by atoms with E-state index in [1.165, 1.54) is 4.90 Å². The molecule has 6 rings (SSSR count). The fraction of sp³-hybridized carbons (Fsp3) is 0.450. The maximum Gasteiger partial charge on any atom is 0.244 e. The number of imide groups is 1. The summed E-state index contributed by atoms with van der Waals surface area (Å²) < 4.78 is 0. The lowest BCUT2D eigenvalue weighted by Crippen LogP contribution is -2.40. The van der Waals surface area contributed by atoms with E-state index >= 15 is 0 Å². The van der Waals surface area contributed by atoms with Gasteiger partial charge in [-0.3, -0.25) is 19.3 Å². The molecule has 0 radical (unpaired) electrons. The average molecular weight is 336 g/mol. The summed E-state index contributed by atoms with van der Waals surface area (Å²) in [7, 11) is 0. The molecule has 1 aromatic rings. The van der Waals surface area contributed by atoms with Gasteiger partial charge in [0, 0.05) is 5.69 Å². The lowest BCUT2D eigenvalue weighted by atomic mass is 9.63. The molecule has 1 heterocycles. The summed E-state index contributed by atoms with van der Waals surface area (Å²) in [5, 5.41) is 2.81. The molecule has 3 amide bonds. The molecule has 0 unspecified atom stereocenters. The Morgan fingerprint density at radius 2 is 1.68 bits per heavy atom. The van der Waals surface area contributed by atoms with Gasteiger partial charge in [0.05, 0.1) is 11.8 Å². The second kappa shape index (κ2) is 5.04. The predicted octanol–water partition coefficient (Wildman–Crippen LogP) is 1.99. The number of amides is 3. The molecule has 1 N–H and O–H groups in total. The molecule has 128 valence electrons. The highest BCUT2D eigenvalue weighted by Crippen LogP contribution is 2.65. The minimum absolute atomic E-state index is 0.153. The van der Waals surface area contributed by atoms with Crippen LogP contribution in [0.1, 0.15) is 12.0 Å². The molecular formula is C20H20N2O3. The van der Waals surface area contributed by atoms with E-state index in [9.17, 15) is 14.4 Å². The number of hydrogen-bond acceptors (Lipinski definition) is 3. The summed E-state index contributed by atoms with van der Waals surface area (Å²) >= 11 is 0. The molecule has 2 saturated carbocycles. The molecule has 2 bridgehead atoms. The fourth-order valence-corrected chi connectivity index (χ4v) is 5.22. The molecule has 5 nitrogen and oxygen atoms in total. The maximum atomic E-state index is 12.9. The van der Waals surface area contributed by atoms with Crippen LogP contribution < -0.4 is 5.32 Å². The number of allylic oxidation sites excluding steroid dienone is 2. The van der Waals surface area contributed by atoms with Crippen LogP contribution in [-0.2, 0) is 14.4 Å². The van der Waals surface area contributed by atoms with Gasteiger partial charge in [0.2, 0.25) is 17.7 Å². The number of hydrogen-bond donors (Lipinski definition) is 1. The average Bonchev–Trinajstić information content (AvgIpc) is 3.38. The number of carbonyl (C=O) groups is 3. The molecule has 0 spiro atoms. The van der Waals surface area contributed by atoms with Gasteiger partial charge in [0.25, 0.3) is 0 Å². The van der Waals surface area contributed by atoms with Crippen LogP contribution in [0.25, 0.3) is 0 Å². The largest absolute Gasteiger partial charge is 0.324 e. The summed E-state index contributed by atoms with van der Waals surface area (Å²) in [6, 6.07) is 7.47. The van der Waals surface area contributed by atoms with Gasteiger partial charge in [-0.1, -0.05) is 30.4 Å². The van der Waals surface area contributed by atoms with Crippen LogP contribution in [0.2, 0.25) is 0 Å². The lowest BCUT2D eigenvalue weighted by Gasteiger charge is -2.37. The van der Waals surface area contributed by atoms with E-state index in [1.54, 1.807) is 0 Å². The van der Waals surface area contributed by atoms with Crippen molar-refractivity contribution >= 4 is 23.4 Å². The first-order valence-corrected chi connectivity index (χ1v) is 8.95. The number of rotatable bonds is 3. The Morgan fingerprint density at radius 1 is 1.08 bits per heavy atom. The Labute approximate surface area is 146 Å². The van der Waals surface area contributed by atoms with Crippen LogP contribution in [0, 0.1) is 42.4 Å². The molecule has 4 aliphatic carbocycles. The first-order valence-electron chi connectivity index (χ1n) is 8.95. The highest BCUT2D eigenvalue weighted by atomic mass is 16.2. The molecule has 5 heteroatoms. The summed E-state index contributed by atoms with van der Waals surface area (Å²) in [6.45, 7) is 1.72. The van der Waals surface area contributed by atoms with Crippen LogP contribution in [0.3, 0.4) is 0 Å². The fourth-order valence-electron chi connectivity index (χ4n) is 5.22. The van der Waals surface area contributed by atoms with Crippen LogP contribution in [0.4, 0.5) is 5.69 Å². The third kappa shape index (κ3) is 2.04. The Hall–Kier alpha value is -2.43. The Morgan fingerprint density at radius 3 is 2.28 bits per heavy atom. The number of likely N-dealkylation sites (tertiary alicyclic amines) is 1. The van der Waals surface area contributed by atoms with Gasteiger partial charge in [0.15, 0.2) is 0 Å². The standard InChI is InChI=1S/C20H20N2O3/c1-10-4-2-3-5-15(10)21-16(23)9-22-19(24)17-11-6-7-12(14-8-13(11)14)18(17)20(22)25/h2-7,11-14,17-18H,8-9H2,1H3,(H,21,23)/t11-,12-,13-,14+,17-,18+/m0/s1. The van der Waals surface area contributed by atoms with Gasteiger partial charge in [-0.25, -0.2) is 0 Å². The van der Waals surface area contributed by atoms with Gasteiger partial charge >= 0.3 is 0 Å². The lowest BCUT2D eigenvalue weighted by molar-refractivity contribution is -0.142. The minimum Gasteiger partial charge on any atom is -0.324 e. The normalized spacial score (nSPS) is 37.1. The second-order valence-electron chi connectivity index (χ2n) is 7.78. The van der Waals surface area contributed by atoms with Crippen LogP contribution in [0.15, 0.2) is 36.4 Å². The molecule has 6 atom stereocenters. The van der Waals surface area contributed by atoms with Crippen molar-refractivity contribution in [2.75, 3.05) is 11.9 Å². The Balaban J connectivity index is 1.34. The monoisotopic (exact) mass is 336 g/mol. The van der Waals surface area contributed by atoms with E-state index < -0.39 is 0 Å². The first-order chi connectivity index (χ1) is 12.1. The van der Waals surface area contributed by atoms with Crippen LogP contribution in [0.5, 0.6) is 0 Å². The number of nitrogens with zero attached hydrogens (tertiary/aromatic N) is 1. The summed E-state index contributed by atoms with van der Waals surface area (Å²) in [6.07, 6.45) is 5.42. The zero-order chi connectivity index (χ0) is 17.3. The zero-order valence-electron chi connectivity index (χ0n) is 14.0. The summed E-state index contributed by atoms with van der Waals surface area (Å²) in [5.41, 5.74) is 1.66. The third-order valence-corrected chi connectivity index (χ3v) is 6.47. The van der Waals surface area contributed by atoms with E-state index in [-0.39, 0.29) is 47.9 Å². The van der Waals surface area contributed by atoms with Crippen molar-refractivity contribution in [2.45, 2.75) is 13.3 Å². The van der Waals surface area contributed by atoms with Gasteiger partial charge in [-0.05, 0) is 48.6 Å². The SMILES string of the molecule is Cc1ccccc1NC(=O)CN1C(=O)[C@@H]2[C@H]3C=C[C@@H]([C@@H]4C[C@H]34)[C@@H]2C1=O. The van der Waals surface area contributed by atoms with Crippen molar-refractivity contribution in [1.29, 1.82) is 0 Å². The van der Waals surface area contributed by atoms with E-state index in [0.29, 0.717) is 17.5 Å². The van der Waals surface area contributed by atoms with Crippen LogP contribution in [-0.4, -0.2) is 29.2 Å². The number of aryl methyl sites for hydroxylation is 1. The van der Waals surface area contributed by atoms with Crippen molar-refractivity contribution < 1.29 is 14.4 Å². The van der Waals surface area contributed by atoms with E-state index in [4.69, 9.17) is 0 Å². The molecular weight excluding hydrogens is 316 g/mol. The number of benzene rings is 1. The zero-order valence-corrected chi connectivity index (χ0v) is 14.0. The third-order valence-electron chi connectivity index (χ3n) is 6.47. The molecule has 0 aromatic heterocycles. The molecule has 5 aliphatic rings. The van der Waals surface area contributed by atoms with Crippen molar-refractivity contribution in [3.63, 3.8) is 0 Å². The predicted molar refractivity (Wildman–Crippen MR) is 91.2 cm³/mol. The molecule has 1 aromatic carbocycles. The van der Waals surface area contributed by atoms with E-state index in [1.807, 2.05) is 31.2 Å². The Bertz CT molecular complexity index is 794. The van der Waals surface area contributed by atoms with Crippen molar-refractivity contribution in [3.8, 4) is 0 Å².